The predicted octanol–water partition coefficient (Wildman–Crippen LogP) is 4.94. The number of ether oxygens (including phenoxy) is 2. The third-order valence-corrected chi connectivity index (χ3v) is 4.27. The van der Waals surface area contributed by atoms with Crippen molar-refractivity contribution >= 4 is 28.1 Å². The van der Waals surface area contributed by atoms with Crippen LogP contribution in [-0.2, 0) is 4.79 Å². The largest absolute Gasteiger partial charge is 0.494 e. The van der Waals surface area contributed by atoms with Crippen molar-refractivity contribution in [1.29, 1.82) is 0 Å². The first-order valence-electron chi connectivity index (χ1n) is 9.10. The molecule has 0 saturated carbocycles. The molecule has 2 rings (SSSR count). The predicted molar refractivity (Wildman–Crippen MR) is 111 cm³/mol. The van der Waals surface area contributed by atoms with Crippen molar-refractivity contribution in [1.82, 2.24) is 5.43 Å². The van der Waals surface area contributed by atoms with Crippen LogP contribution >= 0.6 is 15.9 Å². The number of carbonyl (C=O) groups excluding carboxylic acids is 1. The van der Waals surface area contributed by atoms with Crippen LogP contribution in [0.15, 0.2) is 58.1 Å². The molecule has 144 valence electrons. The zero-order valence-electron chi connectivity index (χ0n) is 15.7. The van der Waals surface area contributed by atoms with Gasteiger partial charge >= 0.3 is 0 Å². The van der Waals surface area contributed by atoms with E-state index in [0.29, 0.717) is 12.2 Å². The first-order chi connectivity index (χ1) is 13.1. The van der Waals surface area contributed by atoms with Crippen LogP contribution < -0.4 is 14.9 Å². The third kappa shape index (κ3) is 7.43. The molecule has 5 nitrogen and oxygen atoms in total. The van der Waals surface area contributed by atoms with Crippen molar-refractivity contribution in [3.05, 3.63) is 58.6 Å². The summed E-state index contributed by atoms with van der Waals surface area (Å²) in [5.74, 6) is 1.18. The van der Waals surface area contributed by atoms with Gasteiger partial charge in [-0.2, -0.15) is 5.10 Å². The summed E-state index contributed by atoms with van der Waals surface area (Å²) in [7, 11) is 0. The van der Waals surface area contributed by atoms with Crippen LogP contribution in [0.2, 0.25) is 0 Å². The maximum absolute atomic E-state index is 12.3. The van der Waals surface area contributed by atoms with Crippen molar-refractivity contribution in [2.45, 2.75) is 39.2 Å². The molecule has 0 fully saturated rings. The lowest BCUT2D eigenvalue weighted by molar-refractivity contribution is -0.128. The fourth-order valence-electron chi connectivity index (χ4n) is 2.25. The monoisotopic (exact) mass is 432 g/mol. The number of nitrogens with zero attached hydrogens (tertiary/aromatic N) is 1. The zero-order chi connectivity index (χ0) is 19.5. The van der Waals surface area contributed by atoms with Crippen LogP contribution in [0.25, 0.3) is 0 Å². The van der Waals surface area contributed by atoms with Gasteiger partial charge in [-0.05, 0) is 60.9 Å². The molecular formula is C21H25BrN2O3. The Kier molecular flexibility index (Phi) is 8.84. The number of benzene rings is 2. The van der Waals surface area contributed by atoms with Gasteiger partial charge in [-0.3, -0.25) is 4.79 Å². The van der Waals surface area contributed by atoms with E-state index in [9.17, 15) is 4.79 Å². The number of unbranched alkanes of at least 4 members (excludes halogenated alkanes) is 1. The minimum Gasteiger partial charge on any atom is -0.494 e. The number of amides is 1. The Morgan fingerprint density at radius 3 is 2.63 bits per heavy atom. The molecule has 6 heteroatoms. The molecule has 0 unspecified atom stereocenters. The Morgan fingerprint density at radius 2 is 1.96 bits per heavy atom. The van der Waals surface area contributed by atoms with E-state index in [-0.39, 0.29) is 5.91 Å². The molecule has 2 aromatic carbocycles. The highest BCUT2D eigenvalue weighted by molar-refractivity contribution is 9.10. The lowest BCUT2D eigenvalue weighted by Gasteiger charge is -2.15. The highest BCUT2D eigenvalue weighted by atomic mass is 79.9. The van der Waals surface area contributed by atoms with Gasteiger partial charge in [-0.1, -0.05) is 42.3 Å². The molecule has 0 heterocycles. The van der Waals surface area contributed by atoms with Gasteiger partial charge in [-0.25, -0.2) is 5.43 Å². The standard InChI is InChI=1S/C21H25BrN2O3/c1-3-5-13-26-18-11-9-16(10-12-18)15-23-24-21(25)20(4-2)27-19-8-6-7-17(22)14-19/h6-12,14-15,20H,3-5,13H2,1-2H3,(H,24,25)/b23-15-/t20-/m0/s1. The first-order valence-corrected chi connectivity index (χ1v) is 9.89. The highest BCUT2D eigenvalue weighted by Crippen LogP contribution is 2.19. The average molecular weight is 433 g/mol. The molecule has 0 bridgehead atoms. The summed E-state index contributed by atoms with van der Waals surface area (Å²) in [6.07, 6.45) is 3.67. The number of halogens is 1. The van der Waals surface area contributed by atoms with Crippen molar-refractivity contribution in [2.75, 3.05) is 6.61 Å². The SMILES string of the molecule is CCCCOc1ccc(/C=N\NC(=O)[C@H](CC)Oc2cccc(Br)c2)cc1. The maximum Gasteiger partial charge on any atom is 0.281 e. The Hall–Kier alpha value is -2.34. The number of rotatable bonds is 10. The first kappa shape index (κ1) is 21.0. The quantitative estimate of drug-likeness (QED) is 0.328. The summed E-state index contributed by atoms with van der Waals surface area (Å²) in [4.78, 5) is 12.3. The van der Waals surface area contributed by atoms with Gasteiger partial charge in [0.25, 0.3) is 5.91 Å². The van der Waals surface area contributed by atoms with Crippen molar-refractivity contribution < 1.29 is 14.3 Å². The molecule has 1 atom stereocenters. The second-order valence-corrected chi connectivity index (χ2v) is 6.89. The van der Waals surface area contributed by atoms with Gasteiger partial charge in [0.2, 0.25) is 0 Å². The zero-order valence-corrected chi connectivity index (χ0v) is 17.2. The lowest BCUT2D eigenvalue weighted by Crippen LogP contribution is -2.35. The van der Waals surface area contributed by atoms with Crippen molar-refractivity contribution in [3.63, 3.8) is 0 Å². The van der Waals surface area contributed by atoms with Crippen LogP contribution in [0.1, 0.15) is 38.7 Å². The summed E-state index contributed by atoms with van der Waals surface area (Å²) in [6.45, 7) is 4.74. The number of hydrazone groups is 1. The molecule has 1 amide bonds. The van der Waals surface area contributed by atoms with Crippen molar-refractivity contribution in [3.8, 4) is 11.5 Å². The number of carbonyl (C=O) groups is 1. The summed E-state index contributed by atoms with van der Waals surface area (Å²) < 4.78 is 12.3. The molecule has 0 aliphatic heterocycles. The van der Waals surface area contributed by atoms with E-state index >= 15 is 0 Å². The number of hydrogen-bond donors (Lipinski definition) is 1. The fourth-order valence-corrected chi connectivity index (χ4v) is 2.63. The third-order valence-electron chi connectivity index (χ3n) is 3.77. The van der Waals surface area contributed by atoms with E-state index < -0.39 is 6.10 Å². The molecule has 1 N–H and O–H groups in total. The van der Waals surface area contributed by atoms with Gasteiger partial charge in [0.15, 0.2) is 6.10 Å². The average Bonchev–Trinajstić information content (AvgIpc) is 2.67. The highest BCUT2D eigenvalue weighted by Gasteiger charge is 2.17. The fraction of sp³-hybridized carbons (Fsp3) is 0.333. The van der Waals surface area contributed by atoms with Crippen LogP contribution in [0.3, 0.4) is 0 Å². The molecule has 0 spiro atoms. The van der Waals surface area contributed by atoms with E-state index in [0.717, 1.165) is 35.2 Å². The van der Waals surface area contributed by atoms with E-state index in [2.05, 4.69) is 33.4 Å². The molecule has 0 aromatic heterocycles. The van der Waals surface area contributed by atoms with Gasteiger partial charge < -0.3 is 9.47 Å². The van der Waals surface area contributed by atoms with E-state index in [1.165, 1.54) is 0 Å². The maximum atomic E-state index is 12.3. The lowest BCUT2D eigenvalue weighted by atomic mass is 10.2. The normalized spacial score (nSPS) is 12.0. The minimum absolute atomic E-state index is 0.284. The Morgan fingerprint density at radius 1 is 1.19 bits per heavy atom. The molecule has 0 aliphatic rings. The van der Waals surface area contributed by atoms with E-state index in [1.807, 2.05) is 55.5 Å². The Labute approximate surface area is 168 Å². The topological polar surface area (TPSA) is 59.9 Å². The molecule has 27 heavy (non-hydrogen) atoms. The second kappa shape index (κ2) is 11.4. The van der Waals surface area contributed by atoms with Gasteiger partial charge in [0.05, 0.1) is 12.8 Å². The summed E-state index contributed by atoms with van der Waals surface area (Å²) >= 11 is 3.39. The van der Waals surface area contributed by atoms with E-state index in [1.54, 1.807) is 6.21 Å². The summed E-state index contributed by atoms with van der Waals surface area (Å²) in [6, 6.07) is 15.0. The smallest absolute Gasteiger partial charge is 0.281 e. The van der Waals surface area contributed by atoms with Crippen LogP contribution in [0.4, 0.5) is 0 Å². The Balaban J connectivity index is 1.85. The molecular weight excluding hydrogens is 408 g/mol. The number of hydrogen-bond acceptors (Lipinski definition) is 4. The van der Waals surface area contributed by atoms with E-state index in [4.69, 9.17) is 9.47 Å². The van der Waals surface area contributed by atoms with Crippen molar-refractivity contribution in [2.24, 2.45) is 5.10 Å². The Bertz CT molecular complexity index is 747. The van der Waals surface area contributed by atoms with Gasteiger partial charge in [-0.15, -0.1) is 0 Å². The van der Waals surface area contributed by atoms with Crippen LogP contribution in [0, 0.1) is 0 Å². The van der Waals surface area contributed by atoms with Crippen LogP contribution in [0.5, 0.6) is 11.5 Å². The summed E-state index contributed by atoms with van der Waals surface area (Å²) in [5.41, 5.74) is 3.41. The second-order valence-electron chi connectivity index (χ2n) is 5.98. The molecule has 0 aliphatic carbocycles. The van der Waals surface area contributed by atoms with Crippen LogP contribution in [-0.4, -0.2) is 24.8 Å². The van der Waals surface area contributed by atoms with Gasteiger partial charge in [0.1, 0.15) is 11.5 Å². The van der Waals surface area contributed by atoms with Gasteiger partial charge in [0, 0.05) is 4.47 Å². The molecule has 0 radical (unpaired) electrons. The minimum atomic E-state index is -0.606. The molecule has 2 aromatic rings. The number of nitrogens with one attached hydrogen (secondary N) is 1. The molecule has 0 saturated heterocycles. The summed E-state index contributed by atoms with van der Waals surface area (Å²) in [5, 5.41) is 4.02.